The van der Waals surface area contributed by atoms with Crippen LogP contribution in [-0.4, -0.2) is 36.0 Å². The van der Waals surface area contributed by atoms with Crippen LogP contribution < -0.4 is 0 Å². The first-order chi connectivity index (χ1) is 12.2. The third kappa shape index (κ3) is 2.39. The Labute approximate surface area is 158 Å². The molecule has 0 aromatic rings. The lowest BCUT2D eigenvalue weighted by molar-refractivity contribution is -0.193. The lowest BCUT2D eigenvalue weighted by Crippen LogP contribution is -2.65. The minimum atomic E-state index is -0.166. The zero-order valence-corrected chi connectivity index (χ0v) is 17.1. The Hall–Kier alpha value is -1.06. The topological polar surface area (TPSA) is 46.6 Å². The van der Waals surface area contributed by atoms with Gasteiger partial charge >= 0.3 is 5.97 Å². The largest absolute Gasteiger partial charge is 0.462 e. The maximum absolute atomic E-state index is 12.4. The van der Waals surface area contributed by atoms with Crippen LogP contribution in [0.4, 0.5) is 0 Å². The molecule has 8 atom stereocenters. The molecule has 0 spiro atoms. The van der Waals surface area contributed by atoms with E-state index in [4.69, 9.17) is 4.74 Å². The van der Waals surface area contributed by atoms with Crippen LogP contribution >= 0.6 is 0 Å². The van der Waals surface area contributed by atoms with Crippen molar-refractivity contribution >= 4 is 11.9 Å². The highest BCUT2D eigenvalue weighted by Gasteiger charge is 2.63. The van der Waals surface area contributed by atoms with Gasteiger partial charge in [-0.25, -0.2) is 0 Å². The van der Waals surface area contributed by atoms with Gasteiger partial charge in [-0.15, -0.1) is 0 Å². The molecule has 0 N–H and O–H groups in total. The monoisotopic (exact) mass is 361 g/mol. The van der Waals surface area contributed by atoms with Gasteiger partial charge in [0.15, 0.2) is 0 Å². The summed E-state index contributed by atoms with van der Waals surface area (Å²) in [4.78, 5) is 26.3. The number of ether oxygens (including phenoxy) is 1. The van der Waals surface area contributed by atoms with Gasteiger partial charge in [-0.2, -0.15) is 0 Å². The lowest BCUT2D eigenvalue weighted by Gasteiger charge is -2.63. The van der Waals surface area contributed by atoms with Crippen LogP contribution in [0.5, 0.6) is 0 Å². The fourth-order valence-electron chi connectivity index (χ4n) is 7.66. The average Bonchev–Trinajstić information content (AvgIpc) is 2.88. The Kier molecular flexibility index (Phi) is 4.20. The normalized spacial score (nSPS) is 50.7. The zero-order chi connectivity index (χ0) is 18.9. The average molecular weight is 362 g/mol. The molecule has 1 aliphatic heterocycles. The number of hydrogen-bond acceptors (Lipinski definition) is 3. The van der Waals surface area contributed by atoms with Gasteiger partial charge in [-0.1, -0.05) is 20.8 Å². The van der Waals surface area contributed by atoms with Crippen molar-refractivity contribution in [1.29, 1.82) is 0 Å². The first-order valence-electron chi connectivity index (χ1n) is 10.6. The van der Waals surface area contributed by atoms with E-state index < -0.39 is 0 Å². The second-order valence-corrected chi connectivity index (χ2v) is 10.2. The summed E-state index contributed by atoms with van der Waals surface area (Å²) in [6.45, 7) is 8.87. The van der Waals surface area contributed by atoms with Crippen LogP contribution in [0.15, 0.2) is 0 Å². The smallest absolute Gasteiger partial charge is 0.302 e. The molecular formula is C22H35NO3. The van der Waals surface area contributed by atoms with Crippen LogP contribution in [0.25, 0.3) is 0 Å². The Bertz CT molecular complexity index is 619. The van der Waals surface area contributed by atoms with E-state index in [2.05, 4.69) is 20.8 Å². The summed E-state index contributed by atoms with van der Waals surface area (Å²) in [5, 5.41) is 0. The number of piperidine rings is 1. The predicted octanol–water partition coefficient (Wildman–Crippen LogP) is 4.03. The van der Waals surface area contributed by atoms with E-state index >= 15 is 0 Å². The first kappa shape index (κ1) is 18.3. The second-order valence-electron chi connectivity index (χ2n) is 10.2. The number of carbonyl (C=O) groups is 2. The third-order valence-electron chi connectivity index (χ3n) is 9.36. The number of likely N-dealkylation sites (tertiary alicyclic amines) is 1. The molecular weight excluding hydrogens is 326 g/mol. The van der Waals surface area contributed by atoms with E-state index in [0.717, 1.165) is 18.8 Å². The van der Waals surface area contributed by atoms with Crippen molar-refractivity contribution < 1.29 is 14.3 Å². The summed E-state index contributed by atoms with van der Waals surface area (Å²) in [5.41, 5.74) is 0.552. The van der Waals surface area contributed by atoms with E-state index in [-0.39, 0.29) is 29.4 Å². The van der Waals surface area contributed by atoms with Crippen molar-refractivity contribution in [3.63, 3.8) is 0 Å². The summed E-state index contributed by atoms with van der Waals surface area (Å²) >= 11 is 0. The molecule has 1 amide bonds. The van der Waals surface area contributed by atoms with Gasteiger partial charge < -0.3 is 9.64 Å². The molecule has 4 nitrogen and oxygen atoms in total. The molecule has 6 unspecified atom stereocenters. The summed E-state index contributed by atoms with van der Waals surface area (Å²) in [6, 6.07) is 0.206. The van der Waals surface area contributed by atoms with Crippen LogP contribution in [0.2, 0.25) is 0 Å². The van der Waals surface area contributed by atoms with Gasteiger partial charge in [0.05, 0.1) is 0 Å². The second kappa shape index (κ2) is 5.97. The van der Waals surface area contributed by atoms with E-state index in [0.29, 0.717) is 29.6 Å². The molecule has 0 aromatic carbocycles. The molecule has 3 aliphatic carbocycles. The molecule has 0 aromatic heterocycles. The highest BCUT2D eigenvalue weighted by molar-refractivity contribution is 5.77. The number of rotatable bonds is 1. The molecule has 4 heteroatoms. The quantitative estimate of drug-likeness (QED) is 0.663. The molecule has 26 heavy (non-hydrogen) atoms. The zero-order valence-electron chi connectivity index (χ0n) is 17.1. The van der Waals surface area contributed by atoms with Gasteiger partial charge in [-0.05, 0) is 60.7 Å². The fourth-order valence-corrected chi connectivity index (χ4v) is 7.66. The fraction of sp³-hybridized carbons (Fsp3) is 0.909. The molecule has 1 heterocycles. The van der Waals surface area contributed by atoms with Crippen molar-refractivity contribution in [3.05, 3.63) is 0 Å². The van der Waals surface area contributed by atoms with Crippen LogP contribution in [0, 0.1) is 34.5 Å². The SMILES string of the molecule is CC(=O)OC1CC2N(C)C(=O)CC[C@]2(C)C2CC[C@]3(C)C(C)CCC3C12. The van der Waals surface area contributed by atoms with E-state index in [1.165, 1.54) is 32.6 Å². The highest BCUT2D eigenvalue weighted by Crippen LogP contribution is 2.66. The van der Waals surface area contributed by atoms with Crippen molar-refractivity contribution in [2.75, 3.05) is 7.05 Å². The van der Waals surface area contributed by atoms with Crippen LogP contribution in [0.1, 0.15) is 72.6 Å². The molecule has 0 bridgehead atoms. The molecule has 146 valence electrons. The van der Waals surface area contributed by atoms with E-state index in [9.17, 15) is 9.59 Å². The van der Waals surface area contributed by atoms with Gasteiger partial charge in [0.2, 0.25) is 5.91 Å². The molecule has 1 saturated heterocycles. The third-order valence-corrected chi connectivity index (χ3v) is 9.36. The Morgan fingerprint density at radius 3 is 2.50 bits per heavy atom. The van der Waals surface area contributed by atoms with Gasteiger partial charge in [0.25, 0.3) is 0 Å². The lowest BCUT2D eigenvalue weighted by atomic mass is 9.46. The molecule has 4 aliphatic rings. The Balaban J connectivity index is 1.74. The van der Waals surface area contributed by atoms with Crippen molar-refractivity contribution in [2.45, 2.75) is 84.8 Å². The minimum absolute atomic E-state index is 0.0288. The number of carbonyl (C=O) groups excluding carboxylic acids is 2. The molecule has 4 fully saturated rings. The van der Waals surface area contributed by atoms with E-state index in [1.807, 2.05) is 11.9 Å². The molecule has 0 radical (unpaired) electrons. The maximum atomic E-state index is 12.4. The van der Waals surface area contributed by atoms with Crippen molar-refractivity contribution in [3.8, 4) is 0 Å². The standard InChI is InChI=1S/C22H35NO3/c1-13-6-7-15-20-16(8-10-21(13,15)3)22(4)11-9-19(25)23(5)18(22)12-17(20)26-14(2)24/h13,15-18,20H,6-12H2,1-5H3/t13?,15?,16?,17?,18?,20?,21-,22-/m1/s1. The van der Waals surface area contributed by atoms with Gasteiger partial charge in [0.1, 0.15) is 6.10 Å². The summed E-state index contributed by atoms with van der Waals surface area (Å²) in [5.74, 6) is 2.52. The van der Waals surface area contributed by atoms with Crippen LogP contribution in [0.3, 0.4) is 0 Å². The number of amides is 1. The molecule has 4 rings (SSSR count). The number of nitrogens with zero attached hydrogens (tertiary/aromatic N) is 1. The predicted molar refractivity (Wildman–Crippen MR) is 100 cm³/mol. The maximum Gasteiger partial charge on any atom is 0.302 e. The first-order valence-corrected chi connectivity index (χ1v) is 10.6. The summed E-state index contributed by atoms with van der Waals surface area (Å²) in [6.07, 6.45) is 7.53. The van der Waals surface area contributed by atoms with Crippen molar-refractivity contribution in [1.82, 2.24) is 4.90 Å². The van der Waals surface area contributed by atoms with Gasteiger partial charge in [0, 0.05) is 38.8 Å². The van der Waals surface area contributed by atoms with Crippen LogP contribution in [-0.2, 0) is 14.3 Å². The number of fused-ring (bicyclic) bond motifs is 5. The van der Waals surface area contributed by atoms with Gasteiger partial charge in [-0.3, -0.25) is 9.59 Å². The Morgan fingerprint density at radius 2 is 1.81 bits per heavy atom. The highest BCUT2D eigenvalue weighted by atomic mass is 16.5. The summed E-state index contributed by atoms with van der Waals surface area (Å²) < 4.78 is 5.95. The number of hydrogen-bond donors (Lipinski definition) is 0. The van der Waals surface area contributed by atoms with Crippen molar-refractivity contribution in [2.24, 2.45) is 34.5 Å². The Morgan fingerprint density at radius 1 is 1.12 bits per heavy atom. The molecule has 3 saturated carbocycles. The number of esters is 1. The summed E-state index contributed by atoms with van der Waals surface area (Å²) in [7, 11) is 1.96. The van der Waals surface area contributed by atoms with E-state index in [1.54, 1.807) is 0 Å². The minimum Gasteiger partial charge on any atom is -0.462 e.